The molecule has 96 valence electrons. The van der Waals surface area contributed by atoms with Gasteiger partial charge in [-0.05, 0) is 12.6 Å². The fourth-order valence-corrected chi connectivity index (χ4v) is 3.32. The van der Waals surface area contributed by atoms with Crippen LogP contribution < -0.4 is 5.32 Å². The van der Waals surface area contributed by atoms with E-state index < -0.39 is 15.1 Å². The third-order valence-corrected chi connectivity index (χ3v) is 4.61. The molecular formula is C12H19NO3S. The van der Waals surface area contributed by atoms with E-state index in [1.165, 1.54) is 7.11 Å². The van der Waals surface area contributed by atoms with E-state index in [9.17, 15) is 8.42 Å². The van der Waals surface area contributed by atoms with Crippen molar-refractivity contribution < 1.29 is 13.2 Å². The molecule has 0 aliphatic heterocycles. The first-order valence-electron chi connectivity index (χ1n) is 5.52. The summed E-state index contributed by atoms with van der Waals surface area (Å²) in [4.78, 5) is 0. The smallest absolute Gasteiger partial charge is 0.160 e. The number of rotatable bonds is 7. The highest BCUT2D eigenvalue weighted by Gasteiger charge is 2.25. The summed E-state index contributed by atoms with van der Waals surface area (Å²) < 4.78 is 29.2. The molecule has 0 amide bonds. The van der Waals surface area contributed by atoms with Gasteiger partial charge in [-0.1, -0.05) is 30.3 Å². The first-order chi connectivity index (χ1) is 8.11. The van der Waals surface area contributed by atoms with Gasteiger partial charge in [0.25, 0.3) is 0 Å². The molecule has 1 aromatic carbocycles. The number of hydrogen-bond acceptors (Lipinski definition) is 4. The van der Waals surface area contributed by atoms with Gasteiger partial charge in [0, 0.05) is 13.7 Å². The Kier molecular flexibility index (Phi) is 5.61. The Morgan fingerprint density at radius 3 is 2.47 bits per heavy atom. The van der Waals surface area contributed by atoms with Gasteiger partial charge in [0.2, 0.25) is 0 Å². The van der Waals surface area contributed by atoms with Crippen LogP contribution >= 0.6 is 0 Å². The molecule has 1 atom stereocenters. The topological polar surface area (TPSA) is 55.4 Å². The summed E-state index contributed by atoms with van der Waals surface area (Å²) in [6.45, 7) is 0.644. The summed E-state index contributed by atoms with van der Waals surface area (Å²) >= 11 is 0. The largest absolute Gasteiger partial charge is 0.384 e. The molecular weight excluding hydrogens is 238 g/mol. The van der Waals surface area contributed by atoms with Crippen molar-refractivity contribution in [1.82, 2.24) is 5.32 Å². The summed E-state index contributed by atoms with van der Waals surface area (Å²) in [6.07, 6.45) is 0. The summed E-state index contributed by atoms with van der Waals surface area (Å²) in [7, 11) is 0.0696. The van der Waals surface area contributed by atoms with Crippen LogP contribution in [0.4, 0.5) is 0 Å². The van der Waals surface area contributed by atoms with Crippen molar-refractivity contribution in [3.63, 3.8) is 0 Å². The molecule has 0 saturated heterocycles. The minimum atomic E-state index is -3.19. The number of hydrogen-bond donors (Lipinski definition) is 1. The minimum absolute atomic E-state index is 0.0464. The average molecular weight is 257 g/mol. The lowest BCUT2D eigenvalue weighted by atomic mass is 10.1. The van der Waals surface area contributed by atoms with Gasteiger partial charge in [-0.25, -0.2) is 8.42 Å². The summed E-state index contributed by atoms with van der Waals surface area (Å²) in [5.41, 5.74) is 0.818. The van der Waals surface area contributed by atoms with Gasteiger partial charge in [-0.2, -0.15) is 0 Å². The first-order valence-corrected chi connectivity index (χ1v) is 7.23. The second kappa shape index (κ2) is 6.74. The molecule has 0 spiro atoms. The zero-order chi connectivity index (χ0) is 12.7. The molecule has 0 fully saturated rings. The SMILES string of the molecule is CNCC(c1ccccc1)S(=O)(=O)CCOC. The first kappa shape index (κ1) is 14.2. The molecule has 0 heterocycles. The number of nitrogens with one attached hydrogen (secondary N) is 1. The third-order valence-electron chi connectivity index (χ3n) is 2.57. The second-order valence-electron chi connectivity index (χ2n) is 3.82. The van der Waals surface area contributed by atoms with E-state index in [2.05, 4.69) is 5.32 Å². The van der Waals surface area contributed by atoms with Gasteiger partial charge in [-0.15, -0.1) is 0 Å². The van der Waals surface area contributed by atoms with Crippen LogP contribution in [-0.4, -0.2) is 41.5 Å². The van der Waals surface area contributed by atoms with Crippen molar-refractivity contribution in [2.45, 2.75) is 5.25 Å². The van der Waals surface area contributed by atoms with Gasteiger partial charge in [-0.3, -0.25) is 0 Å². The molecule has 0 saturated carbocycles. The van der Waals surface area contributed by atoms with Gasteiger partial charge in [0.05, 0.1) is 17.6 Å². The second-order valence-corrected chi connectivity index (χ2v) is 6.12. The fraction of sp³-hybridized carbons (Fsp3) is 0.500. The van der Waals surface area contributed by atoms with E-state index in [4.69, 9.17) is 4.74 Å². The van der Waals surface area contributed by atoms with E-state index in [0.717, 1.165) is 5.56 Å². The van der Waals surface area contributed by atoms with E-state index in [0.29, 0.717) is 6.54 Å². The lowest BCUT2D eigenvalue weighted by Gasteiger charge is -2.17. The highest BCUT2D eigenvalue weighted by molar-refractivity contribution is 7.91. The van der Waals surface area contributed by atoms with Gasteiger partial charge in [0.1, 0.15) is 0 Å². The molecule has 17 heavy (non-hydrogen) atoms. The summed E-state index contributed by atoms with van der Waals surface area (Å²) in [6, 6.07) is 9.26. The fourth-order valence-electron chi connectivity index (χ4n) is 1.65. The summed E-state index contributed by atoms with van der Waals surface area (Å²) in [5, 5.41) is 2.42. The van der Waals surface area contributed by atoms with Crippen molar-refractivity contribution >= 4 is 9.84 Å². The Morgan fingerprint density at radius 2 is 1.94 bits per heavy atom. The maximum atomic E-state index is 12.2. The van der Waals surface area contributed by atoms with Crippen molar-refractivity contribution in [2.75, 3.05) is 33.1 Å². The van der Waals surface area contributed by atoms with Crippen LogP contribution in [0.5, 0.6) is 0 Å². The normalized spacial score (nSPS) is 13.5. The van der Waals surface area contributed by atoms with Gasteiger partial charge < -0.3 is 10.1 Å². The van der Waals surface area contributed by atoms with Crippen LogP contribution in [-0.2, 0) is 14.6 Å². The molecule has 4 nitrogen and oxygen atoms in total. The predicted molar refractivity (Wildman–Crippen MR) is 68.8 cm³/mol. The Morgan fingerprint density at radius 1 is 1.29 bits per heavy atom. The van der Waals surface area contributed by atoms with Crippen molar-refractivity contribution in [3.8, 4) is 0 Å². The van der Waals surface area contributed by atoms with Crippen LogP contribution in [0.25, 0.3) is 0 Å². The summed E-state index contributed by atoms with van der Waals surface area (Å²) in [5.74, 6) is 0.0464. The average Bonchev–Trinajstić information content (AvgIpc) is 2.34. The molecule has 0 aromatic heterocycles. The van der Waals surface area contributed by atoms with Gasteiger partial charge >= 0.3 is 0 Å². The molecule has 1 aromatic rings. The van der Waals surface area contributed by atoms with Crippen LogP contribution in [0, 0.1) is 0 Å². The van der Waals surface area contributed by atoms with Crippen LogP contribution in [0.1, 0.15) is 10.8 Å². The van der Waals surface area contributed by atoms with Crippen molar-refractivity contribution in [1.29, 1.82) is 0 Å². The quantitative estimate of drug-likeness (QED) is 0.792. The van der Waals surface area contributed by atoms with Crippen LogP contribution in [0.15, 0.2) is 30.3 Å². The Labute approximate surface area is 103 Å². The zero-order valence-electron chi connectivity index (χ0n) is 10.2. The lowest BCUT2D eigenvalue weighted by molar-refractivity contribution is 0.217. The van der Waals surface area contributed by atoms with Crippen LogP contribution in [0.2, 0.25) is 0 Å². The molecule has 0 aliphatic rings. The van der Waals surface area contributed by atoms with E-state index in [1.807, 2.05) is 30.3 Å². The maximum absolute atomic E-state index is 12.2. The highest BCUT2D eigenvalue weighted by Crippen LogP contribution is 2.22. The molecule has 1 unspecified atom stereocenters. The number of ether oxygens (including phenoxy) is 1. The molecule has 1 N–H and O–H groups in total. The Hall–Kier alpha value is -0.910. The van der Waals surface area contributed by atoms with E-state index >= 15 is 0 Å². The van der Waals surface area contributed by atoms with E-state index in [-0.39, 0.29) is 12.4 Å². The number of benzene rings is 1. The lowest BCUT2D eigenvalue weighted by Crippen LogP contribution is -2.27. The zero-order valence-corrected chi connectivity index (χ0v) is 11.0. The molecule has 1 rings (SSSR count). The number of methoxy groups -OCH3 is 1. The van der Waals surface area contributed by atoms with E-state index in [1.54, 1.807) is 7.05 Å². The monoisotopic (exact) mass is 257 g/mol. The standard InChI is InChI=1S/C12H19NO3S/c1-13-10-12(11-6-4-3-5-7-11)17(14,15)9-8-16-2/h3-7,12-13H,8-10H2,1-2H3. The van der Waals surface area contributed by atoms with Crippen molar-refractivity contribution in [2.24, 2.45) is 0 Å². The third kappa shape index (κ3) is 4.11. The molecule has 0 bridgehead atoms. The number of sulfone groups is 1. The Balaban J connectivity index is 2.93. The van der Waals surface area contributed by atoms with Gasteiger partial charge in [0.15, 0.2) is 9.84 Å². The maximum Gasteiger partial charge on any atom is 0.160 e. The highest BCUT2D eigenvalue weighted by atomic mass is 32.2. The minimum Gasteiger partial charge on any atom is -0.384 e. The predicted octanol–water partition coefficient (Wildman–Crippen LogP) is 1.01. The number of likely N-dealkylation sites (N-methyl/N-ethyl adjacent to an activating group) is 1. The Bertz CT molecular complexity index is 417. The van der Waals surface area contributed by atoms with Crippen molar-refractivity contribution in [3.05, 3.63) is 35.9 Å². The molecule has 0 aliphatic carbocycles. The van der Waals surface area contributed by atoms with Crippen LogP contribution in [0.3, 0.4) is 0 Å². The molecule has 0 radical (unpaired) electrons. The molecule has 5 heteroatoms.